The first-order chi connectivity index (χ1) is 6.78. The van der Waals surface area contributed by atoms with Crippen molar-refractivity contribution in [2.75, 3.05) is 0 Å². The van der Waals surface area contributed by atoms with Crippen molar-refractivity contribution in [3.63, 3.8) is 0 Å². The van der Waals surface area contributed by atoms with Gasteiger partial charge in [-0.05, 0) is 0 Å². The van der Waals surface area contributed by atoms with Crippen molar-refractivity contribution in [1.29, 1.82) is 0 Å². The molecule has 0 aromatic rings. The van der Waals surface area contributed by atoms with Crippen LogP contribution in [0.2, 0.25) is 0 Å². The van der Waals surface area contributed by atoms with E-state index in [1.165, 1.54) is 0 Å². The van der Waals surface area contributed by atoms with Gasteiger partial charge >= 0.3 is 46.6 Å². The van der Waals surface area contributed by atoms with Crippen molar-refractivity contribution in [2.24, 2.45) is 3.68 Å². The van der Waals surface area contributed by atoms with E-state index in [0.29, 0.717) is 25.0 Å². The molecule has 0 heterocycles. The number of hydrogen-bond donors (Lipinski definition) is 5. The Bertz CT molecular complexity index is 238. The standard InChI is InChI=1S/C6H8O7.Bi.H2N.2H/c7-3(8)1-6(13,5(11)12)2-4(9)10;;;;/h13H,1-2H2,(H,7,8)(H,9,10)(H,11,12);;1H2;;/q;+1;-1;;. The summed E-state index contributed by atoms with van der Waals surface area (Å²) >= 11 is 0.667. The fourth-order valence-electron chi connectivity index (χ4n) is 0.714. The molecule has 0 unspecified atom stereocenters. The van der Waals surface area contributed by atoms with Gasteiger partial charge in [-0.15, -0.1) is 0 Å². The van der Waals surface area contributed by atoms with E-state index < -0.39 is 36.4 Å². The SMILES string of the molecule is O=C(O)CC(O)(CC(=O)O)C(=O)O.[NH2][BiH2]. The maximum atomic E-state index is 10.3. The molecule has 0 aliphatic carbocycles. The number of hydrogen-bond acceptors (Lipinski definition) is 5. The maximum absolute atomic E-state index is 10.3. The third kappa shape index (κ3) is 7.18. The average Bonchev–Trinajstić information content (AvgIpc) is 2.04. The molecule has 0 rings (SSSR count). The van der Waals surface area contributed by atoms with Crippen molar-refractivity contribution >= 4 is 42.9 Å². The van der Waals surface area contributed by atoms with Gasteiger partial charge in [-0.3, -0.25) is 9.59 Å². The van der Waals surface area contributed by atoms with E-state index in [1.807, 2.05) is 0 Å². The Kier molecular flexibility index (Phi) is 8.32. The summed E-state index contributed by atoms with van der Waals surface area (Å²) in [6, 6.07) is 0. The molecule has 0 fully saturated rings. The van der Waals surface area contributed by atoms with E-state index in [1.54, 1.807) is 0 Å². The second kappa shape index (κ2) is 7.50. The molecule has 0 aliphatic rings. The summed E-state index contributed by atoms with van der Waals surface area (Å²) in [6.07, 6.45) is -2.29. The summed E-state index contributed by atoms with van der Waals surface area (Å²) in [5, 5.41) is 33.8. The van der Waals surface area contributed by atoms with E-state index in [-0.39, 0.29) is 0 Å². The predicted molar refractivity (Wildman–Crippen MR) is 49.8 cm³/mol. The molecule has 8 nitrogen and oxygen atoms in total. The van der Waals surface area contributed by atoms with Gasteiger partial charge in [0.2, 0.25) is 0 Å². The molecular formula is C6H12BiNO7. The Hall–Kier alpha value is -0.787. The Labute approximate surface area is 99.9 Å². The minimum atomic E-state index is -2.74. The first-order valence-electron chi connectivity index (χ1n) is 3.50. The van der Waals surface area contributed by atoms with Gasteiger partial charge in [-0.25, -0.2) is 4.79 Å². The van der Waals surface area contributed by atoms with E-state index in [2.05, 4.69) is 3.68 Å². The zero-order valence-corrected chi connectivity index (χ0v) is 12.1. The van der Waals surface area contributed by atoms with Crippen molar-refractivity contribution in [1.82, 2.24) is 0 Å². The number of aliphatic hydroxyl groups is 1. The van der Waals surface area contributed by atoms with Crippen molar-refractivity contribution < 1.29 is 34.8 Å². The molecule has 0 aromatic heterocycles. The van der Waals surface area contributed by atoms with Crippen molar-refractivity contribution in [2.45, 2.75) is 18.4 Å². The van der Waals surface area contributed by atoms with E-state index in [9.17, 15) is 14.4 Å². The normalized spacial score (nSPS) is 9.80. The molecule has 0 amide bonds. The number of carboxylic acids is 3. The first-order valence-corrected chi connectivity index (χ1v) is 6.10. The molecule has 0 bridgehead atoms. The van der Waals surface area contributed by atoms with Crippen LogP contribution in [0.1, 0.15) is 12.8 Å². The predicted octanol–water partition coefficient (Wildman–Crippen LogP) is -2.76. The van der Waals surface area contributed by atoms with Gasteiger partial charge in [0.05, 0.1) is 12.8 Å². The summed E-state index contributed by atoms with van der Waals surface area (Å²) in [7, 11) is 0. The Morgan fingerprint density at radius 1 is 1.00 bits per heavy atom. The van der Waals surface area contributed by atoms with Crippen LogP contribution < -0.4 is 3.68 Å². The fourth-order valence-corrected chi connectivity index (χ4v) is 0.714. The Balaban J connectivity index is 0. The quantitative estimate of drug-likeness (QED) is 0.300. The summed E-state index contributed by atoms with van der Waals surface area (Å²) in [4.78, 5) is 30.5. The zero-order valence-electron chi connectivity index (χ0n) is 7.58. The molecule has 15 heavy (non-hydrogen) atoms. The van der Waals surface area contributed by atoms with Crippen LogP contribution >= 0.6 is 0 Å². The van der Waals surface area contributed by atoms with Gasteiger partial charge in [-0.2, -0.15) is 0 Å². The minimum absolute atomic E-state index is 0.667. The first kappa shape index (κ1) is 16.6. The summed E-state index contributed by atoms with van der Waals surface area (Å²) in [5.74, 6) is -5.02. The molecule has 0 atom stereocenters. The molecule has 0 spiro atoms. The van der Waals surface area contributed by atoms with Gasteiger partial charge in [0, 0.05) is 0 Å². The molecule has 0 aromatic carbocycles. The third-order valence-corrected chi connectivity index (χ3v) is 1.29. The van der Waals surface area contributed by atoms with Gasteiger partial charge in [-0.1, -0.05) is 0 Å². The van der Waals surface area contributed by atoms with Crippen LogP contribution in [0.25, 0.3) is 0 Å². The van der Waals surface area contributed by atoms with Gasteiger partial charge in [0.1, 0.15) is 0 Å². The monoisotopic (exact) mass is 419 g/mol. The topological polar surface area (TPSA) is 158 Å². The summed E-state index contributed by atoms with van der Waals surface area (Å²) < 4.78 is 4.67. The Morgan fingerprint density at radius 3 is 1.40 bits per heavy atom. The van der Waals surface area contributed by atoms with Crippen LogP contribution in [0.15, 0.2) is 0 Å². The van der Waals surface area contributed by atoms with E-state index >= 15 is 0 Å². The molecule has 6 N–H and O–H groups in total. The third-order valence-electron chi connectivity index (χ3n) is 1.29. The molecule has 0 saturated carbocycles. The molecule has 9 heteroatoms. The summed E-state index contributed by atoms with van der Waals surface area (Å²) in [5.41, 5.74) is -2.74. The number of carboxylic acid groups (broad SMARTS) is 3. The van der Waals surface area contributed by atoms with Gasteiger partial charge in [0.25, 0.3) is 0 Å². The molecule has 0 saturated heterocycles. The van der Waals surface area contributed by atoms with Crippen LogP contribution in [0.3, 0.4) is 0 Å². The second-order valence-corrected chi connectivity index (χ2v) is 2.48. The molecule has 0 radical (unpaired) electrons. The number of carbonyl (C=O) groups is 3. The van der Waals surface area contributed by atoms with Crippen LogP contribution in [0, 0.1) is 0 Å². The van der Waals surface area contributed by atoms with Crippen molar-refractivity contribution in [3.8, 4) is 0 Å². The molecule has 0 aliphatic heterocycles. The molecule has 88 valence electrons. The van der Waals surface area contributed by atoms with Crippen LogP contribution in [0.4, 0.5) is 0 Å². The van der Waals surface area contributed by atoms with E-state index in [4.69, 9.17) is 20.4 Å². The van der Waals surface area contributed by atoms with Crippen LogP contribution in [-0.4, -0.2) is 68.9 Å². The number of aliphatic carboxylic acids is 3. The second-order valence-electron chi connectivity index (χ2n) is 2.48. The average molecular weight is 419 g/mol. The van der Waals surface area contributed by atoms with Crippen LogP contribution in [-0.2, 0) is 14.4 Å². The van der Waals surface area contributed by atoms with Gasteiger partial charge in [0.15, 0.2) is 5.60 Å². The van der Waals surface area contributed by atoms with Crippen molar-refractivity contribution in [3.05, 3.63) is 0 Å². The Morgan fingerprint density at radius 2 is 1.27 bits per heavy atom. The summed E-state index contributed by atoms with van der Waals surface area (Å²) in [6.45, 7) is 0. The number of nitrogens with two attached hydrogens (primary N) is 1. The zero-order chi connectivity index (χ0) is 12.6. The van der Waals surface area contributed by atoms with E-state index in [0.717, 1.165) is 0 Å². The number of rotatable bonds is 5. The van der Waals surface area contributed by atoms with Crippen LogP contribution in [0.5, 0.6) is 0 Å². The fraction of sp³-hybridized carbons (Fsp3) is 0.500. The molecular weight excluding hydrogens is 407 g/mol. The van der Waals surface area contributed by atoms with Gasteiger partial charge < -0.3 is 20.4 Å².